The van der Waals surface area contributed by atoms with Gasteiger partial charge in [0.25, 0.3) is 0 Å². The lowest BCUT2D eigenvalue weighted by Gasteiger charge is -2.28. The van der Waals surface area contributed by atoms with Crippen LogP contribution in [0.2, 0.25) is 0 Å². The molecule has 0 saturated carbocycles. The standard InChI is InChI=1S/C79H58N2O2/c1-78(2)71-27-13-11-21-65(71)67-47-45-61(49-73(67)78)80(57-37-29-53(30-38-57)51-17-7-5-8-18-51)59-41-33-55(34-42-59)63-23-15-25-69-75(82)70-26-16-24-64(77(70)83-76(63)69)56-35-43-60(44-36-56)81(58-39-31-54(32-40-58)52-19-9-6-10-20-52)62-46-48-68-66-22-12-14-28-72(66)79(3,4)74(68)50-62/h5-50H,1-4H3. The lowest BCUT2D eigenvalue weighted by molar-refractivity contribution is 0.660. The summed E-state index contributed by atoms with van der Waals surface area (Å²) in [7, 11) is 0. The van der Waals surface area contributed by atoms with Crippen LogP contribution in [0.25, 0.3) is 88.7 Å². The van der Waals surface area contributed by atoms with Crippen molar-refractivity contribution >= 4 is 56.1 Å². The van der Waals surface area contributed by atoms with Gasteiger partial charge in [-0.2, -0.15) is 0 Å². The number of benzene rings is 12. The number of hydrogen-bond donors (Lipinski definition) is 0. The second kappa shape index (κ2) is 19.5. The van der Waals surface area contributed by atoms with Crippen LogP contribution in [0.3, 0.4) is 0 Å². The van der Waals surface area contributed by atoms with Gasteiger partial charge in [0, 0.05) is 56.1 Å². The van der Waals surface area contributed by atoms with E-state index in [0.717, 1.165) is 67.5 Å². The van der Waals surface area contributed by atoms with Gasteiger partial charge in [-0.25, -0.2) is 0 Å². The molecule has 0 spiro atoms. The van der Waals surface area contributed by atoms with Crippen molar-refractivity contribution in [2.75, 3.05) is 9.80 Å². The van der Waals surface area contributed by atoms with Gasteiger partial charge in [-0.05, 0) is 163 Å². The molecule has 0 unspecified atom stereocenters. The molecule has 0 aliphatic heterocycles. The van der Waals surface area contributed by atoms with Gasteiger partial charge >= 0.3 is 0 Å². The van der Waals surface area contributed by atoms with Crippen molar-refractivity contribution in [3.63, 3.8) is 0 Å². The van der Waals surface area contributed by atoms with E-state index >= 15 is 0 Å². The molecule has 0 N–H and O–H groups in total. The predicted octanol–water partition coefficient (Wildman–Crippen LogP) is 21.2. The highest BCUT2D eigenvalue weighted by atomic mass is 16.3. The highest BCUT2D eigenvalue weighted by Crippen LogP contribution is 2.53. The van der Waals surface area contributed by atoms with Crippen molar-refractivity contribution in [3.8, 4) is 66.8 Å². The molecule has 0 saturated heterocycles. The Morgan fingerprint density at radius 3 is 0.952 bits per heavy atom. The molecule has 396 valence electrons. The summed E-state index contributed by atoms with van der Waals surface area (Å²) in [6.07, 6.45) is 0. The van der Waals surface area contributed by atoms with Gasteiger partial charge in [-0.1, -0.05) is 222 Å². The SMILES string of the molecule is CC1(C)c2ccccc2-c2ccc(N(c3ccc(-c4ccccc4)cc3)c3ccc(-c4cccc5c(=O)c6cccc(-c7ccc(N(c8ccc(-c9ccccc9)cc8)c8ccc9c(c8)C(C)(C)c8ccccc8-9)cc7)c6oc45)cc3)cc21. The van der Waals surface area contributed by atoms with E-state index in [4.69, 9.17) is 4.42 Å². The van der Waals surface area contributed by atoms with Crippen LogP contribution in [0.1, 0.15) is 49.9 Å². The molecule has 0 atom stereocenters. The fourth-order valence-electron chi connectivity index (χ4n) is 13.4. The van der Waals surface area contributed by atoms with Crippen LogP contribution in [0, 0.1) is 0 Å². The zero-order chi connectivity index (χ0) is 56.0. The van der Waals surface area contributed by atoms with Gasteiger partial charge in [0.15, 0.2) is 0 Å². The first-order chi connectivity index (χ1) is 40.6. The highest BCUT2D eigenvalue weighted by molar-refractivity contribution is 6.02. The minimum Gasteiger partial charge on any atom is -0.455 e. The summed E-state index contributed by atoms with van der Waals surface area (Å²) < 4.78 is 7.08. The van der Waals surface area contributed by atoms with Crippen molar-refractivity contribution < 1.29 is 4.42 Å². The monoisotopic (exact) mass is 1070 g/mol. The Kier molecular flexibility index (Phi) is 11.7. The summed E-state index contributed by atoms with van der Waals surface area (Å²) in [6.45, 7) is 9.32. The molecule has 4 heteroatoms. The van der Waals surface area contributed by atoms with E-state index in [9.17, 15) is 4.79 Å². The molecule has 0 fully saturated rings. The van der Waals surface area contributed by atoms with Crippen LogP contribution in [-0.4, -0.2) is 0 Å². The molecule has 0 amide bonds. The third-order valence-corrected chi connectivity index (χ3v) is 17.7. The van der Waals surface area contributed by atoms with Crippen molar-refractivity contribution in [1.82, 2.24) is 0 Å². The molecular formula is C79H58N2O2. The van der Waals surface area contributed by atoms with Gasteiger partial charge in [-0.15, -0.1) is 0 Å². The quantitative estimate of drug-likeness (QED) is 0.128. The Labute approximate surface area is 484 Å². The number of rotatable bonds is 10. The Morgan fingerprint density at radius 1 is 0.265 bits per heavy atom. The van der Waals surface area contributed by atoms with E-state index in [-0.39, 0.29) is 16.3 Å². The number of para-hydroxylation sites is 2. The highest BCUT2D eigenvalue weighted by Gasteiger charge is 2.37. The fourth-order valence-corrected chi connectivity index (χ4v) is 13.4. The van der Waals surface area contributed by atoms with Crippen LogP contribution in [0.4, 0.5) is 34.1 Å². The summed E-state index contributed by atoms with van der Waals surface area (Å²) in [5.74, 6) is 0. The maximum atomic E-state index is 14.7. The van der Waals surface area contributed by atoms with Crippen molar-refractivity contribution in [1.29, 1.82) is 0 Å². The lowest BCUT2D eigenvalue weighted by atomic mass is 9.82. The number of nitrogens with zero attached hydrogens (tertiary/aromatic N) is 2. The van der Waals surface area contributed by atoms with Crippen molar-refractivity contribution in [3.05, 3.63) is 312 Å². The summed E-state index contributed by atoms with van der Waals surface area (Å²) in [4.78, 5) is 19.4. The molecule has 0 radical (unpaired) electrons. The Bertz CT molecular complexity index is 4410. The molecule has 1 aromatic heterocycles. The van der Waals surface area contributed by atoms with Gasteiger partial charge in [0.1, 0.15) is 11.2 Å². The maximum Gasteiger partial charge on any atom is 0.200 e. The van der Waals surface area contributed by atoms with Gasteiger partial charge in [0.2, 0.25) is 5.43 Å². The molecule has 2 aliphatic carbocycles. The predicted molar refractivity (Wildman–Crippen MR) is 346 cm³/mol. The Morgan fingerprint density at radius 2 is 0.566 bits per heavy atom. The average Bonchev–Trinajstić information content (AvgIpc) is 3.87. The van der Waals surface area contributed by atoms with E-state index in [2.05, 4.69) is 292 Å². The van der Waals surface area contributed by atoms with Crippen LogP contribution in [0.5, 0.6) is 0 Å². The zero-order valence-electron chi connectivity index (χ0n) is 46.8. The van der Waals surface area contributed by atoms with E-state index in [0.29, 0.717) is 21.9 Å². The summed E-state index contributed by atoms with van der Waals surface area (Å²) in [5.41, 5.74) is 25.8. The average molecular weight is 1070 g/mol. The second-order valence-corrected chi connectivity index (χ2v) is 23.2. The van der Waals surface area contributed by atoms with Crippen molar-refractivity contribution in [2.24, 2.45) is 0 Å². The van der Waals surface area contributed by atoms with Gasteiger partial charge in [-0.3, -0.25) is 4.79 Å². The molecule has 0 bridgehead atoms. The maximum absolute atomic E-state index is 14.7. The normalized spacial score (nSPS) is 13.3. The minimum atomic E-state index is -0.160. The zero-order valence-corrected chi connectivity index (χ0v) is 46.8. The fraction of sp³-hybridized carbons (Fsp3) is 0.0759. The van der Waals surface area contributed by atoms with Crippen LogP contribution in [-0.2, 0) is 10.8 Å². The molecule has 83 heavy (non-hydrogen) atoms. The first kappa shape index (κ1) is 49.7. The number of hydrogen-bond acceptors (Lipinski definition) is 4. The van der Waals surface area contributed by atoms with E-state index in [1.54, 1.807) is 0 Å². The van der Waals surface area contributed by atoms with Crippen molar-refractivity contribution in [2.45, 2.75) is 38.5 Å². The van der Waals surface area contributed by atoms with Crippen LogP contribution in [0.15, 0.2) is 288 Å². The second-order valence-electron chi connectivity index (χ2n) is 23.2. The first-order valence-electron chi connectivity index (χ1n) is 28.7. The third kappa shape index (κ3) is 8.23. The van der Waals surface area contributed by atoms with E-state index in [1.807, 2.05) is 24.3 Å². The lowest BCUT2D eigenvalue weighted by Crippen LogP contribution is -2.16. The molecule has 1 heterocycles. The molecular weight excluding hydrogens is 1010 g/mol. The molecule has 4 nitrogen and oxygen atoms in total. The first-order valence-corrected chi connectivity index (χ1v) is 28.7. The van der Waals surface area contributed by atoms with E-state index in [1.165, 1.54) is 55.6 Å². The third-order valence-electron chi connectivity index (χ3n) is 17.7. The van der Waals surface area contributed by atoms with E-state index < -0.39 is 0 Å². The molecule has 2 aliphatic rings. The smallest absolute Gasteiger partial charge is 0.200 e. The van der Waals surface area contributed by atoms with Gasteiger partial charge in [0.05, 0.1) is 10.8 Å². The summed E-state index contributed by atoms with van der Waals surface area (Å²) in [5, 5.41) is 1.09. The summed E-state index contributed by atoms with van der Waals surface area (Å²) in [6, 6.07) is 99.3. The largest absolute Gasteiger partial charge is 0.455 e. The molecule has 15 rings (SSSR count). The van der Waals surface area contributed by atoms with Crippen LogP contribution < -0.4 is 15.2 Å². The van der Waals surface area contributed by atoms with Gasteiger partial charge < -0.3 is 14.2 Å². The minimum absolute atomic E-state index is 0.0585. The number of anilines is 6. The molecule has 13 aromatic rings. The topological polar surface area (TPSA) is 36.7 Å². The summed E-state index contributed by atoms with van der Waals surface area (Å²) >= 11 is 0. The van der Waals surface area contributed by atoms with Crippen LogP contribution >= 0.6 is 0 Å². The Hall–Kier alpha value is -10.3. The molecule has 12 aromatic carbocycles. The number of fused-ring (bicyclic) bond motifs is 8. The Balaban J connectivity index is 0.800.